The fourth-order valence-corrected chi connectivity index (χ4v) is 3.95. The van der Waals surface area contributed by atoms with Crippen LogP contribution in [-0.2, 0) is 17.8 Å². The number of benzene rings is 1. The maximum atomic E-state index is 12.8. The quantitative estimate of drug-likeness (QED) is 0.929. The van der Waals surface area contributed by atoms with Crippen molar-refractivity contribution in [1.29, 1.82) is 0 Å². The maximum absolute atomic E-state index is 12.8. The minimum absolute atomic E-state index is 0.169. The second kappa shape index (κ2) is 6.73. The Kier molecular flexibility index (Phi) is 4.69. The molecule has 0 aromatic heterocycles. The Bertz CT molecular complexity index is 603. The maximum Gasteiger partial charge on any atom is 0.335 e. The van der Waals surface area contributed by atoms with E-state index in [4.69, 9.17) is 5.11 Å². The summed E-state index contributed by atoms with van der Waals surface area (Å²) in [6.45, 7) is 3.55. The highest BCUT2D eigenvalue weighted by atomic mass is 16.4. The van der Waals surface area contributed by atoms with Gasteiger partial charge in [0.05, 0.1) is 5.56 Å². The highest BCUT2D eigenvalue weighted by Gasteiger charge is 2.30. The van der Waals surface area contributed by atoms with E-state index in [0.717, 1.165) is 37.3 Å². The van der Waals surface area contributed by atoms with Gasteiger partial charge in [0.1, 0.15) is 0 Å². The summed E-state index contributed by atoms with van der Waals surface area (Å²) in [4.78, 5) is 25.8. The fraction of sp³-hybridized carbons (Fsp3) is 0.579. The first kappa shape index (κ1) is 16.0. The van der Waals surface area contributed by atoms with Crippen molar-refractivity contribution in [3.63, 3.8) is 0 Å². The molecule has 0 saturated heterocycles. The SMILES string of the molecule is CCC1CCC(C(=O)N2CCc3ccc(C(=O)O)cc3C2)CC1. The number of rotatable bonds is 3. The number of carboxylic acid groups (broad SMARTS) is 1. The third kappa shape index (κ3) is 3.41. The Labute approximate surface area is 137 Å². The molecule has 1 amide bonds. The van der Waals surface area contributed by atoms with Gasteiger partial charge >= 0.3 is 5.97 Å². The van der Waals surface area contributed by atoms with E-state index in [-0.39, 0.29) is 11.8 Å². The number of amides is 1. The van der Waals surface area contributed by atoms with Crippen LogP contribution in [0.2, 0.25) is 0 Å². The largest absolute Gasteiger partial charge is 0.478 e. The zero-order chi connectivity index (χ0) is 16.4. The van der Waals surface area contributed by atoms with E-state index in [1.54, 1.807) is 12.1 Å². The lowest BCUT2D eigenvalue weighted by Crippen LogP contribution is -2.40. The normalized spacial score (nSPS) is 24.1. The molecule has 23 heavy (non-hydrogen) atoms. The molecule has 124 valence electrons. The topological polar surface area (TPSA) is 57.6 Å². The van der Waals surface area contributed by atoms with Gasteiger partial charge in [-0.3, -0.25) is 4.79 Å². The van der Waals surface area contributed by atoms with E-state index < -0.39 is 5.97 Å². The summed E-state index contributed by atoms with van der Waals surface area (Å²) in [5.74, 6) is 0.321. The highest BCUT2D eigenvalue weighted by molar-refractivity contribution is 5.88. The summed E-state index contributed by atoms with van der Waals surface area (Å²) < 4.78 is 0. The minimum atomic E-state index is -0.908. The summed E-state index contributed by atoms with van der Waals surface area (Å²) in [5, 5.41) is 9.13. The minimum Gasteiger partial charge on any atom is -0.478 e. The molecule has 1 saturated carbocycles. The molecular formula is C19H25NO3. The van der Waals surface area contributed by atoms with Gasteiger partial charge in [-0.15, -0.1) is 0 Å². The second-order valence-electron chi connectivity index (χ2n) is 6.92. The number of hydrogen-bond acceptors (Lipinski definition) is 2. The molecule has 0 spiro atoms. The lowest BCUT2D eigenvalue weighted by molar-refractivity contribution is -0.137. The van der Waals surface area contributed by atoms with Crippen LogP contribution >= 0.6 is 0 Å². The lowest BCUT2D eigenvalue weighted by Gasteiger charge is -2.34. The molecule has 1 aliphatic carbocycles. The number of carbonyl (C=O) groups excluding carboxylic acids is 1. The van der Waals surface area contributed by atoms with Crippen LogP contribution in [0.3, 0.4) is 0 Å². The molecule has 1 aliphatic heterocycles. The average Bonchev–Trinajstić information content (AvgIpc) is 2.60. The van der Waals surface area contributed by atoms with Crippen LogP contribution < -0.4 is 0 Å². The van der Waals surface area contributed by atoms with Gasteiger partial charge in [-0.25, -0.2) is 4.79 Å². The Balaban J connectivity index is 1.68. The number of carboxylic acids is 1. The first-order chi connectivity index (χ1) is 11.1. The van der Waals surface area contributed by atoms with E-state index >= 15 is 0 Å². The van der Waals surface area contributed by atoms with Gasteiger partial charge in [0.15, 0.2) is 0 Å². The van der Waals surface area contributed by atoms with Crippen molar-refractivity contribution in [3.8, 4) is 0 Å². The molecule has 0 radical (unpaired) electrons. The molecule has 1 aromatic carbocycles. The summed E-state index contributed by atoms with van der Waals surface area (Å²) in [6.07, 6.45) is 6.40. The lowest BCUT2D eigenvalue weighted by atomic mass is 9.80. The standard InChI is InChI=1S/C19H25NO3/c1-2-13-3-5-15(6-4-13)18(21)20-10-9-14-7-8-16(19(22)23)11-17(14)12-20/h7-8,11,13,15H,2-6,9-10,12H2,1H3,(H,22,23). The van der Waals surface area contributed by atoms with Crippen LogP contribution in [0, 0.1) is 11.8 Å². The van der Waals surface area contributed by atoms with Gasteiger partial charge in [-0.1, -0.05) is 19.4 Å². The fourth-order valence-electron chi connectivity index (χ4n) is 3.95. The van der Waals surface area contributed by atoms with Crippen molar-refractivity contribution >= 4 is 11.9 Å². The first-order valence-electron chi connectivity index (χ1n) is 8.72. The van der Waals surface area contributed by atoms with Crippen LogP contribution in [-0.4, -0.2) is 28.4 Å². The van der Waals surface area contributed by atoms with Crippen molar-refractivity contribution in [1.82, 2.24) is 4.90 Å². The zero-order valence-electron chi connectivity index (χ0n) is 13.8. The van der Waals surface area contributed by atoms with Gasteiger partial charge in [0, 0.05) is 19.0 Å². The Hall–Kier alpha value is -1.84. The van der Waals surface area contributed by atoms with Crippen molar-refractivity contribution in [2.45, 2.75) is 52.0 Å². The summed E-state index contributed by atoms with van der Waals surface area (Å²) in [6, 6.07) is 5.28. The molecule has 4 nitrogen and oxygen atoms in total. The van der Waals surface area contributed by atoms with Crippen molar-refractivity contribution in [3.05, 3.63) is 34.9 Å². The number of hydrogen-bond donors (Lipinski definition) is 1. The van der Waals surface area contributed by atoms with Crippen molar-refractivity contribution in [2.24, 2.45) is 11.8 Å². The van der Waals surface area contributed by atoms with Gasteiger partial charge < -0.3 is 10.0 Å². The highest BCUT2D eigenvalue weighted by Crippen LogP contribution is 2.32. The third-order valence-corrected chi connectivity index (χ3v) is 5.55. The van der Waals surface area contributed by atoms with Crippen molar-refractivity contribution < 1.29 is 14.7 Å². The molecule has 4 heteroatoms. The predicted octanol–water partition coefficient (Wildman–Crippen LogP) is 3.49. The van der Waals surface area contributed by atoms with Crippen LogP contribution in [0.5, 0.6) is 0 Å². The van der Waals surface area contributed by atoms with Crippen LogP contribution in [0.4, 0.5) is 0 Å². The molecule has 0 unspecified atom stereocenters. The van der Waals surface area contributed by atoms with E-state index in [2.05, 4.69) is 6.92 Å². The Morgan fingerprint density at radius 3 is 2.57 bits per heavy atom. The van der Waals surface area contributed by atoms with Crippen LogP contribution in [0.15, 0.2) is 18.2 Å². The van der Waals surface area contributed by atoms with E-state index in [1.165, 1.54) is 24.8 Å². The molecule has 1 aromatic rings. The number of aromatic carboxylic acids is 1. The third-order valence-electron chi connectivity index (χ3n) is 5.55. The average molecular weight is 315 g/mol. The monoisotopic (exact) mass is 315 g/mol. The predicted molar refractivity (Wildman–Crippen MR) is 88.3 cm³/mol. The second-order valence-corrected chi connectivity index (χ2v) is 6.92. The molecule has 1 heterocycles. The molecule has 2 aliphatic rings. The zero-order valence-corrected chi connectivity index (χ0v) is 13.8. The summed E-state index contributed by atoms with van der Waals surface area (Å²) in [5.41, 5.74) is 2.47. The molecule has 1 N–H and O–H groups in total. The van der Waals surface area contributed by atoms with Gasteiger partial charge in [-0.05, 0) is 61.3 Å². The number of nitrogens with zero attached hydrogens (tertiary/aromatic N) is 1. The molecule has 1 fully saturated rings. The van der Waals surface area contributed by atoms with E-state index in [1.807, 2.05) is 11.0 Å². The van der Waals surface area contributed by atoms with Crippen molar-refractivity contribution in [2.75, 3.05) is 6.54 Å². The van der Waals surface area contributed by atoms with E-state index in [9.17, 15) is 9.59 Å². The first-order valence-corrected chi connectivity index (χ1v) is 8.72. The van der Waals surface area contributed by atoms with Crippen LogP contribution in [0.1, 0.15) is 60.5 Å². The van der Waals surface area contributed by atoms with Crippen LogP contribution in [0.25, 0.3) is 0 Å². The summed E-state index contributed by atoms with van der Waals surface area (Å²) >= 11 is 0. The molecule has 3 rings (SSSR count). The van der Waals surface area contributed by atoms with E-state index in [0.29, 0.717) is 12.1 Å². The number of fused-ring (bicyclic) bond motifs is 1. The van der Waals surface area contributed by atoms with Gasteiger partial charge in [0.25, 0.3) is 0 Å². The Morgan fingerprint density at radius 2 is 1.91 bits per heavy atom. The Morgan fingerprint density at radius 1 is 1.17 bits per heavy atom. The van der Waals surface area contributed by atoms with Gasteiger partial charge in [-0.2, -0.15) is 0 Å². The van der Waals surface area contributed by atoms with Gasteiger partial charge in [0.2, 0.25) is 5.91 Å². The molecule has 0 bridgehead atoms. The molecular weight excluding hydrogens is 290 g/mol. The summed E-state index contributed by atoms with van der Waals surface area (Å²) in [7, 11) is 0. The molecule has 0 atom stereocenters. The smallest absolute Gasteiger partial charge is 0.335 e. The number of carbonyl (C=O) groups is 2.